The maximum absolute atomic E-state index is 12.4. The molecule has 0 aliphatic heterocycles. The van der Waals surface area contributed by atoms with Crippen molar-refractivity contribution in [3.8, 4) is 0 Å². The van der Waals surface area contributed by atoms with E-state index in [1.807, 2.05) is 0 Å². The lowest BCUT2D eigenvalue weighted by molar-refractivity contribution is -0.161. The summed E-state index contributed by atoms with van der Waals surface area (Å²) in [5, 5.41) is 9.71. The van der Waals surface area contributed by atoms with Crippen molar-refractivity contribution in [1.82, 2.24) is 0 Å². The quantitative estimate of drug-likeness (QED) is 0.0373. The van der Waals surface area contributed by atoms with Crippen LogP contribution in [0.15, 0.2) is 158 Å². The van der Waals surface area contributed by atoms with Crippen LogP contribution in [0.2, 0.25) is 0 Å². The number of carbonyl (C=O) groups is 2. The standard InChI is InChI=1S/C79H130O5/c1-3-5-7-9-11-13-15-17-19-21-23-25-27-29-31-33-35-37-39-41-43-45-47-49-51-53-55-57-59-61-63-65-67-69-71-73-78(81)83-76-77(75-80)84-79(82)74-72-70-68-66-64-62-60-58-56-54-52-50-48-46-44-42-40-38-36-34-32-30-28-26-24-22-20-18-16-14-12-10-8-6-4-2/h5-8,11-14,17-20,23-26,29-32,35-38,42,44,77,80H,3-4,9-10,15-16,21-22,27-28,33-34,39-41,43,45-76H2,1-2H3/b7-5-,8-6-,13-11-,14-12-,19-17-,20-18-,25-23-,26-24-,31-29-,32-30-,37-35-,38-36-,44-42-. The summed E-state index contributed by atoms with van der Waals surface area (Å²) in [5.74, 6) is -0.590. The largest absolute Gasteiger partial charge is 0.462 e. The molecule has 5 nitrogen and oxygen atoms in total. The van der Waals surface area contributed by atoms with Crippen molar-refractivity contribution in [2.45, 2.75) is 315 Å². The summed E-state index contributed by atoms with van der Waals surface area (Å²) >= 11 is 0. The molecule has 0 rings (SSSR count). The molecule has 0 saturated heterocycles. The molecule has 0 radical (unpaired) electrons. The fraction of sp³-hybridized carbons (Fsp3) is 0.646. The van der Waals surface area contributed by atoms with Gasteiger partial charge in [-0.15, -0.1) is 0 Å². The molecule has 84 heavy (non-hydrogen) atoms. The molecule has 0 saturated carbocycles. The van der Waals surface area contributed by atoms with Gasteiger partial charge in [-0.25, -0.2) is 0 Å². The van der Waals surface area contributed by atoms with Crippen LogP contribution < -0.4 is 0 Å². The Kier molecular flexibility index (Phi) is 68.9. The minimum absolute atomic E-state index is 0.0716. The van der Waals surface area contributed by atoms with Crippen LogP contribution in [-0.4, -0.2) is 36.4 Å². The number of esters is 2. The fourth-order valence-electron chi connectivity index (χ4n) is 9.66. The van der Waals surface area contributed by atoms with E-state index in [0.29, 0.717) is 12.8 Å². The van der Waals surface area contributed by atoms with Gasteiger partial charge in [0.1, 0.15) is 6.61 Å². The summed E-state index contributed by atoms with van der Waals surface area (Å²) in [5.41, 5.74) is 0. The maximum Gasteiger partial charge on any atom is 0.306 e. The molecule has 1 atom stereocenters. The van der Waals surface area contributed by atoms with E-state index in [1.165, 1.54) is 161 Å². The Morgan fingerprint density at radius 1 is 0.274 bits per heavy atom. The molecule has 5 heteroatoms. The monoisotopic (exact) mass is 1160 g/mol. The molecule has 0 aromatic carbocycles. The smallest absolute Gasteiger partial charge is 0.306 e. The van der Waals surface area contributed by atoms with E-state index in [4.69, 9.17) is 9.47 Å². The molecule has 0 bridgehead atoms. The highest BCUT2D eigenvalue weighted by Crippen LogP contribution is 2.17. The molecule has 0 spiro atoms. The zero-order chi connectivity index (χ0) is 60.5. The first-order chi connectivity index (χ1) is 41.6. The van der Waals surface area contributed by atoms with E-state index in [2.05, 4.69) is 172 Å². The number of rotatable bonds is 63. The number of aliphatic hydroxyl groups is 1. The Balaban J connectivity index is 3.50. The van der Waals surface area contributed by atoms with Crippen LogP contribution >= 0.6 is 0 Å². The van der Waals surface area contributed by atoms with Crippen molar-refractivity contribution >= 4 is 11.9 Å². The summed E-state index contributed by atoms with van der Waals surface area (Å²) in [6.45, 7) is 3.93. The van der Waals surface area contributed by atoms with Gasteiger partial charge in [-0.3, -0.25) is 9.59 Å². The van der Waals surface area contributed by atoms with E-state index < -0.39 is 6.10 Å². The van der Waals surface area contributed by atoms with Gasteiger partial charge in [-0.05, 0) is 122 Å². The van der Waals surface area contributed by atoms with Gasteiger partial charge in [0.05, 0.1) is 6.61 Å². The summed E-state index contributed by atoms with van der Waals surface area (Å²) in [6, 6.07) is 0. The normalized spacial score (nSPS) is 13.2. The fourth-order valence-corrected chi connectivity index (χ4v) is 9.66. The van der Waals surface area contributed by atoms with Crippen LogP contribution in [0.3, 0.4) is 0 Å². The van der Waals surface area contributed by atoms with Crippen molar-refractivity contribution in [2.75, 3.05) is 13.2 Å². The molecule has 0 amide bonds. The highest BCUT2D eigenvalue weighted by molar-refractivity contribution is 5.70. The molecule has 1 unspecified atom stereocenters. The number of hydrogen-bond acceptors (Lipinski definition) is 5. The third-order valence-corrected chi connectivity index (χ3v) is 14.8. The lowest BCUT2D eigenvalue weighted by Crippen LogP contribution is -2.28. The maximum atomic E-state index is 12.4. The second-order valence-corrected chi connectivity index (χ2v) is 22.8. The number of allylic oxidation sites excluding steroid dienone is 26. The van der Waals surface area contributed by atoms with Gasteiger partial charge in [-0.2, -0.15) is 0 Å². The van der Waals surface area contributed by atoms with Gasteiger partial charge in [-0.1, -0.05) is 332 Å². The third-order valence-electron chi connectivity index (χ3n) is 14.8. The van der Waals surface area contributed by atoms with E-state index in [1.54, 1.807) is 0 Å². The lowest BCUT2D eigenvalue weighted by Gasteiger charge is -2.15. The number of unbranched alkanes of at least 4 members (excludes halogenated alkanes) is 29. The number of hydrogen-bond donors (Lipinski definition) is 1. The first-order valence-corrected chi connectivity index (χ1v) is 35.0. The Labute approximate surface area is 520 Å². The van der Waals surface area contributed by atoms with Gasteiger partial charge in [0.2, 0.25) is 0 Å². The summed E-state index contributed by atoms with van der Waals surface area (Å²) in [4.78, 5) is 24.7. The number of ether oxygens (including phenoxy) is 2. The van der Waals surface area contributed by atoms with Crippen molar-refractivity contribution in [3.63, 3.8) is 0 Å². The number of aliphatic hydroxyl groups excluding tert-OH is 1. The minimum Gasteiger partial charge on any atom is -0.462 e. The molecule has 0 heterocycles. The average molecular weight is 1160 g/mol. The summed E-state index contributed by atoms with van der Waals surface area (Å²) in [6.07, 6.45) is 111. The van der Waals surface area contributed by atoms with E-state index >= 15 is 0 Å². The van der Waals surface area contributed by atoms with Crippen LogP contribution in [-0.2, 0) is 19.1 Å². The third kappa shape index (κ3) is 70.0. The van der Waals surface area contributed by atoms with E-state index in [-0.39, 0.29) is 25.2 Å². The van der Waals surface area contributed by atoms with E-state index in [9.17, 15) is 14.7 Å². The molecule has 1 N–H and O–H groups in total. The molecule has 0 aromatic heterocycles. The SMILES string of the molecule is CC/C=C\C/C=C\C/C=C\C/C=C\C/C=C\C/C=C\C/C=C\CCCCCCCCCCCCCCCC(=O)OC(CO)COC(=O)CCCCCCCCCCCCCCCCCC/C=C\C/C=C\C/C=C\C/C=C\C/C=C\C/C=C\CC. The van der Waals surface area contributed by atoms with Crippen LogP contribution in [0.25, 0.3) is 0 Å². The molecule has 0 fully saturated rings. The Morgan fingerprint density at radius 2 is 0.476 bits per heavy atom. The van der Waals surface area contributed by atoms with Crippen molar-refractivity contribution < 1.29 is 24.2 Å². The highest BCUT2D eigenvalue weighted by Gasteiger charge is 2.16. The van der Waals surface area contributed by atoms with Gasteiger partial charge < -0.3 is 14.6 Å². The second kappa shape index (κ2) is 72.8. The van der Waals surface area contributed by atoms with Crippen LogP contribution in [0.1, 0.15) is 309 Å². The van der Waals surface area contributed by atoms with Crippen molar-refractivity contribution in [1.29, 1.82) is 0 Å². The van der Waals surface area contributed by atoms with Gasteiger partial charge >= 0.3 is 11.9 Å². The zero-order valence-electron chi connectivity index (χ0n) is 54.6. The minimum atomic E-state index is -0.783. The molecular weight excluding hydrogens is 1030 g/mol. The Morgan fingerprint density at radius 3 is 0.714 bits per heavy atom. The topological polar surface area (TPSA) is 72.8 Å². The molecule has 0 aliphatic carbocycles. The van der Waals surface area contributed by atoms with Crippen LogP contribution in [0.4, 0.5) is 0 Å². The van der Waals surface area contributed by atoms with Gasteiger partial charge in [0.15, 0.2) is 6.10 Å². The predicted molar refractivity (Wildman–Crippen MR) is 370 cm³/mol. The van der Waals surface area contributed by atoms with Crippen molar-refractivity contribution in [3.05, 3.63) is 158 Å². The first kappa shape index (κ1) is 79.5. The zero-order valence-corrected chi connectivity index (χ0v) is 54.6. The molecule has 0 aliphatic rings. The second-order valence-electron chi connectivity index (χ2n) is 22.8. The predicted octanol–water partition coefficient (Wildman–Crippen LogP) is 24.6. The van der Waals surface area contributed by atoms with E-state index in [0.717, 1.165) is 122 Å². The lowest BCUT2D eigenvalue weighted by atomic mass is 10.0. The van der Waals surface area contributed by atoms with Crippen LogP contribution in [0.5, 0.6) is 0 Å². The van der Waals surface area contributed by atoms with Gasteiger partial charge in [0, 0.05) is 12.8 Å². The first-order valence-electron chi connectivity index (χ1n) is 35.0. The number of carbonyl (C=O) groups excluding carboxylic acids is 2. The average Bonchev–Trinajstić information content (AvgIpc) is 3.51. The molecular formula is C79H130O5. The highest BCUT2D eigenvalue weighted by atomic mass is 16.6. The summed E-state index contributed by atoms with van der Waals surface area (Å²) < 4.78 is 10.8. The molecule has 476 valence electrons. The van der Waals surface area contributed by atoms with Crippen molar-refractivity contribution in [2.24, 2.45) is 0 Å². The van der Waals surface area contributed by atoms with Gasteiger partial charge in [0.25, 0.3) is 0 Å². The Bertz CT molecular complexity index is 1790. The Hall–Kier alpha value is -4.48. The van der Waals surface area contributed by atoms with Crippen LogP contribution in [0, 0.1) is 0 Å². The summed E-state index contributed by atoms with van der Waals surface area (Å²) in [7, 11) is 0. The molecule has 0 aromatic rings.